The number of amides is 2. The molecule has 2 rings (SSSR count). The smallest absolute Gasteiger partial charge is 0.242 e. The van der Waals surface area contributed by atoms with Crippen LogP contribution in [0.1, 0.15) is 42.5 Å². The number of hydrogen-bond acceptors (Lipinski definition) is 2. The summed E-state index contributed by atoms with van der Waals surface area (Å²) in [6, 6.07) is 12.9. The van der Waals surface area contributed by atoms with Gasteiger partial charge in [0.1, 0.15) is 6.04 Å². The fourth-order valence-electron chi connectivity index (χ4n) is 3.07. The molecular weight excluding hydrogens is 372 g/mol. The molecule has 0 saturated heterocycles. The van der Waals surface area contributed by atoms with Gasteiger partial charge in [-0.1, -0.05) is 54.4 Å². The lowest BCUT2D eigenvalue weighted by atomic mass is 10.0. The van der Waals surface area contributed by atoms with E-state index in [1.807, 2.05) is 57.2 Å². The molecule has 0 aliphatic heterocycles. The van der Waals surface area contributed by atoms with Gasteiger partial charge < -0.3 is 10.2 Å². The summed E-state index contributed by atoms with van der Waals surface area (Å²) in [4.78, 5) is 27.4. The van der Waals surface area contributed by atoms with Gasteiger partial charge in [-0.2, -0.15) is 0 Å². The van der Waals surface area contributed by atoms with Crippen molar-refractivity contribution in [1.29, 1.82) is 0 Å². The van der Waals surface area contributed by atoms with E-state index in [9.17, 15) is 9.59 Å². The Bertz CT molecular complexity index is 835. The monoisotopic (exact) mass is 400 g/mol. The molecule has 0 radical (unpaired) electrons. The average molecular weight is 401 g/mol. The third-order valence-electron chi connectivity index (χ3n) is 4.80. The van der Waals surface area contributed by atoms with E-state index in [0.29, 0.717) is 18.1 Å². The third-order valence-corrected chi connectivity index (χ3v) is 5.04. The summed E-state index contributed by atoms with van der Waals surface area (Å²) in [6.07, 6.45) is 1.11. The molecule has 0 bridgehead atoms. The molecule has 0 saturated carbocycles. The summed E-state index contributed by atoms with van der Waals surface area (Å²) in [5.74, 6) is -0.217. The summed E-state index contributed by atoms with van der Waals surface area (Å²) in [5, 5.41) is 3.50. The first-order valence-electron chi connectivity index (χ1n) is 9.69. The predicted molar refractivity (Wildman–Crippen MR) is 114 cm³/mol. The molecule has 1 N–H and O–H groups in total. The maximum Gasteiger partial charge on any atom is 0.242 e. The Labute approximate surface area is 172 Å². The van der Waals surface area contributed by atoms with Crippen molar-refractivity contribution in [2.24, 2.45) is 0 Å². The Morgan fingerprint density at radius 2 is 1.89 bits per heavy atom. The average Bonchev–Trinajstić information content (AvgIpc) is 2.66. The molecule has 150 valence electrons. The van der Waals surface area contributed by atoms with Crippen LogP contribution in [0.2, 0.25) is 5.02 Å². The molecule has 1 atom stereocenters. The van der Waals surface area contributed by atoms with E-state index in [4.69, 9.17) is 11.6 Å². The zero-order chi connectivity index (χ0) is 20.7. The molecule has 2 aromatic carbocycles. The Morgan fingerprint density at radius 1 is 1.14 bits per heavy atom. The van der Waals surface area contributed by atoms with Crippen LogP contribution in [0.5, 0.6) is 0 Å². The Morgan fingerprint density at radius 3 is 2.57 bits per heavy atom. The highest BCUT2D eigenvalue weighted by Gasteiger charge is 2.26. The first kappa shape index (κ1) is 22.0. The van der Waals surface area contributed by atoms with Gasteiger partial charge in [0.15, 0.2) is 0 Å². The van der Waals surface area contributed by atoms with Crippen LogP contribution >= 0.6 is 11.6 Å². The molecule has 0 aromatic heterocycles. The molecule has 0 aliphatic carbocycles. The van der Waals surface area contributed by atoms with Gasteiger partial charge in [0.05, 0.1) is 6.42 Å². The lowest BCUT2D eigenvalue weighted by Gasteiger charge is -2.29. The molecule has 0 aliphatic rings. The first-order valence-corrected chi connectivity index (χ1v) is 10.1. The molecule has 5 heteroatoms. The molecule has 0 fully saturated rings. The molecular formula is C23H29ClN2O2. The number of rotatable bonds is 8. The summed E-state index contributed by atoms with van der Waals surface area (Å²) in [5.41, 5.74) is 4.08. The second-order valence-corrected chi connectivity index (χ2v) is 7.66. The van der Waals surface area contributed by atoms with E-state index in [1.165, 1.54) is 0 Å². The highest BCUT2D eigenvalue weighted by atomic mass is 35.5. The minimum Gasteiger partial charge on any atom is -0.354 e. The second kappa shape index (κ2) is 10.3. The van der Waals surface area contributed by atoms with Gasteiger partial charge in [0, 0.05) is 18.1 Å². The SMILES string of the molecule is CCCNC(=O)[C@H](C)N(Cc1cccc(Cl)c1)C(=O)Cc1cc(C)ccc1C. The number of nitrogens with zero attached hydrogens (tertiary/aromatic N) is 1. The van der Waals surface area contributed by atoms with Crippen molar-refractivity contribution >= 4 is 23.4 Å². The summed E-state index contributed by atoms with van der Waals surface area (Å²) >= 11 is 6.10. The van der Waals surface area contributed by atoms with Gasteiger partial charge >= 0.3 is 0 Å². The van der Waals surface area contributed by atoms with Crippen molar-refractivity contribution in [3.63, 3.8) is 0 Å². The van der Waals surface area contributed by atoms with Crippen molar-refractivity contribution in [3.05, 3.63) is 69.7 Å². The Hall–Kier alpha value is -2.33. The molecule has 2 aromatic rings. The number of carbonyl (C=O) groups excluding carboxylic acids is 2. The maximum atomic E-state index is 13.2. The quantitative estimate of drug-likeness (QED) is 0.711. The van der Waals surface area contributed by atoms with Crippen LogP contribution in [0.3, 0.4) is 0 Å². The zero-order valence-electron chi connectivity index (χ0n) is 17.1. The number of benzene rings is 2. The van der Waals surface area contributed by atoms with E-state index in [2.05, 4.69) is 5.32 Å². The molecule has 28 heavy (non-hydrogen) atoms. The normalized spacial score (nSPS) is 11.8. The maximum absolute atomic E-state index is 13.2. The minimum atomic E-state index is -0.567. The van der Waals surface area contributed by atoms with E-state index >= 15 is 0 Å². The lowest BCUT2D eigenvalue weighted by Crippen LogP contribution is -2.48. The Balaban J connectivity index is 2.26. The van der Waals surface area contributed by atoms with Crippen LogP contribution in [0.15, 0.2) is 42.5 Å². The van der Waals surface area contributed by atoms with Crippen molar-refractivity contribution in [1.82, 2.24) is 10.2 Å². The molecule has 0 heterocycles. The summed E-state index contributed by atoms with van der Waals surface area (Å²) in [6.45, 7) is 8.72. The molecule has 0 unspecified atom stereocenters. The predicted octanol–water partition coefficient (Wildman–Crippen LogP) is 4.44. The largest absolute Gasteiger partial charge is 0.354 e. The topological polar surface area (TPSA) is 49.4 Å². The summed E-state index contributed by atoms with van der Waals surface area (Å²) in [7, 11) is 0. The van der Waals surface area contributed by atoms with Crippen LogP contribution < -0.4 is 5.32 Å². The highest BCUT2D eigenvalue weighted by Crippen LogP contribution is 2.18. The second-order valence-electron chi connectivity index (χ2n) is 7.23. The van der Waals surface area contributed by atoms with Crippen molar-refractivity contribution < 1.29 is 9.59 Å². The zero-order valence-corrected chi connectivity index (χ0v) is 17.8. The van der Waals surface area contributed by atoms with Crippen LogP contribution in [0.4, 0.5) is 0 Å². The van der Waals surface area contributed by atoms with Crippen LogP contribution in [0.25, 0.3) is 0 Å². The minimum absolute atomic E-state index is 0.0761. The first-order chi connectivity index (χ1) is 13.3. The van der Waals surface area contributed by atoms with Crippen LogP contribution in [-0.4, -0.2) is 29.3 Å². The van der Waals surface area contributed by atoms with Gasteiger partial charge in [-0.05, 0) is 56.0 Å². The van der Waals surface area contributed by atoms with Gasteiger partial charge in [0.25, 0.3) is 0 Å². The van der Waals surface area contributed by atoms with E-state index in [1.54, 1.807) is 17.9 Å². The van der Waals surface area contributed by atoms with E-state index < -0.39 is 6.04 Å². The molecule has 0 spiro atoms. The van der Waals surface area contributed by atoms with Gasteiger partial charge in [0.2, 0.25) is 11.8 Å². The van der Waals surface area contributed by atoms with Crippen LogP contribution in [0, 0.1) is 13.8 Å². The molecule has 2 amide bonds. The van der Waals surface area contributed by atoms with Gasteiger partial charge in [-0.25, -0.2) is 0 Å². The van der Waals surface area contributed by atoms with Crippen LogP contribution in [-0.2, 0) is 22.6 Å². The van der Waals surface area contributed by atoms with Crippen molar-refractivity contribution in [2.75, 3.05) is 6.54 Å². The number of nitrogens with one attached hydrogen (secondary N) is 1. The van der Waals surface area contributed by atoms with Gasteiger partial charge in [-0.3, -0.25) is 9.59 Å². The number of hydrogen-bond donors (Lipinski definition) is 1. The number of halogens is 1. The fourth-order valence-corrected chi connectivity index (χ4v) is 3.28. The van der Waals surface area contributed by atoms with Crippen molar-refractivity contribution in [2.45, 2.75) is 53.1 Å². The number of carbonyl (C=O) groups is 2. The fraction of sp³-hybridized carbons (Fsp3) is 0.391. The highest BCUT2D eigenvalue weighted by molar-refractivity contribution is 6.30. The lowest BCUT2D eigenvalue weighted by molar-refractivity contribution is -0.140. The van der Waals surface area contributed by atoms with Crippen molar-refractivity contribution in [3.8, 4) is 0 Å². The Kier molecular flexibility index (Phi) is 8.06. The molecule has 4 nitrogen and oxygen atoms in total. The van der Waals surface area contributed by atoms with Gasteiger partial charge in [-0.15, -0.1) is 0 Å². The summed E-state index contributed by atoms with van der Waals surface area (Å²) < 4.78 is 0. The standard InChI is InChI=1S/C23H29ClN2O2/c1-5-11-25-23(28)18(4)26(15-19-7-6-8-21(24)13-19)22(27)14-20-12-16(2)9-10-17(20)3/h6-10,12-13,18H,5,11,14-15H2,1-4H3,(H,25,28)/t18-/m0/s1. The third kappa shape index (κ3) is 6.10. The van der Waals surface area contributed by atoms with E-state index in [-0.39, 0.29) is 18.2 Å². The van der Waals surface area contributed by atoms with E-state index in [0.717, 1.165) is 28.7 Å². The number of aryl methyl sites for hydroxylation is 2.